The molecule has 0 aliphatic carbocycles. The largest absolute Gasteiger partial charge is 0.294 e. The third kappa shape index (κ3) is 4.37. The minimum atomic E-state index is -0.232. The van der Waals surface area contributed by atoms with Crippen molar-refractivity contribution in [3.8, 4) is 0 Å². The smallest absolute Gasteiger partial charge is 0.277 e. The first-order valence-electron chi connectivity index (χ1n) is 8.83. The molecule has 3 heterocycles. The molecule has 0 aliphatic rings. The maximum absolute atomic E-state index is 12.5. The van der Waals surface area contributed by atoms with Crippen LogP contribution < -0.4 is 10.9 Å². The highest BCUT2D eigenvalue weighted by Crippen LogP contribution is 2.07. The van der Waals surface area contributed by atoms with Gasteiger partial charge >= 0.3 is 0 Å². The van der Waals surface area contributed by atoms with Crippen molar-refractivity contribution in [1.29, 1.82) is 0 Å². The average molecular weight is 369 g/mol. The SMILES string of the molecule is CCCc1c(C)nc2nc(NC(=O)CN(C)Cc3ccncc3)[nH]n2c1=O. The van der Waals surface area contributed by atoms with Crippen molar-refractivity contribution in [3.63, 3.8) is 0 Å². The number of amides is 1. The number of fused-ring (bicyclic) bond motifs is 1. The van der Waals surface area contributed by atoms with Gasteiger partial charge in [-0.2, -0.15) is 9.50 Å². The number of rotatable bonds is 7. The predicted molar refractivity (Wildman–Crippen MR) is 102 cm³/mol. The summed E-state index contributed by atoms with van der Waals surface area (Å²) in [7, 11) is 1.85. The van der Waals surface area contributed by atoms with Crippen LogP contribution in [0.1, 0.15) is 30.2 Å². The summed E-state index contributed by atoms with van der Waals surface area (Å²) in [5.41, 5.74) is 2.22. The van der Waals surface area contributed by atoms with Crippen LogP contribution in [0.25, 0.3) is 5.78 Å². The fraction of sp³-hybridized carbons (Fsp3) is 0.389. The summed E-state index contributed by atoms with van der Waals surface area (Å²) in [6, 6.07) is 3.81. The highest BCUT2D eigenvalue weighted by molar-refractivity contribution is 5.90. The summed E-state index contributed by atoms with van der Waals surface area (Å²) in [4.78, 5) is 39.2. The number of aryl methyl sites for hydroxylation is 1. The van der Waals surface area contributed by atoms with Crippen LogP contribution in [0.15, 0.2) is 29.3 Å². The van der Waals surface area contributed by atoms with Crippen molar-refractivity contribution in [2.45, 2.75) is 33.2 Å². The van der Waals surface area contributed by atoms with Crippen LogP contribution >= 0.6 is 0 Å². The lowest BCUT2D eigenvalue weighted by molar-refractivity contribution is -0.117. The standard InChI is InChI=1S/C18H23N7O2/c1-4-5-14-12(2)20-18-22-17(23-25(18)16(14)27)21-15(26)11-24(3)10-13-6-8-19-9-7-13/h6-9H,4-5,10-11H2,1-3H3,(H2,20,21,22,23,26). The van der Waals surface area contributed by atoms with Crippen LogP contribution in [0.3, 0.4) is 0 Å². The molecule has 0 spiro atoms. The zero-order valence-electron chi connectivity index (χ0n) is 15.7. The maximum atomic E-state index is 12.5. The summed E-state index contributed by atoms with van der Waals surface area (Å²) >= 11 is 0. The Morgan fingerprint density at radius 2 is 2.04 bits per heavy atom. The number of nitrogens with one attached hydrogen (secondary N) is 2. The summed E-state index contributed by atoms with van der Waals surface area (Å²) in [6.07, 6.45) is 4.95. The molecule has 2 N–H and O–H groups in total. The molecule has 3 rings (SSSR count). The Morgan fingerprint density at radius 1 is 1.30 bits per heavy atom. The van der Waals surface area contributed by atoms with Crippen LogP contribution in [-0.4, -0.2) is 49.0 Å². The van der Waals surface area contributed by atoms with Gasteiger partial charge < -0.3 is 0 Å². The van der Waals surface area contributed by atoms with Crippen LogP contribution in [0.2, 0.25) is 0 Å². The van der Waals surface area contributed by atoms with Crippen molar-refractivity contribution in [1.82, 2.24) is 29.5 Å². The van der Waals surface area contributed by atoms with E-state index in [0.29, 0.717) is 24.2 Å². The van der Waals surface area contributed by atoms with Crippen molar-refractivity contribution < 1.29 is 4.79 Å². The molecule has 0 unspecified atom stereocenters. The highest BCUT2D eigenvalue weighted by Gasteiger charge is 2.14. The molecule has 142 valence electrons. The molecule has 0 atom stereocenters. The molecule has 9 heteroatoms. The monoisotopic (exact) mass is 369 g/mol. The van der Waals surface area contributed by atoms with Crippen molar-refractivity contribution in [2.24, 2.45) is 0 Å². The van der Waals surface area contributed by atoms with Crippen molar-refractivity contribution in [3.05, 3.63) is 51.7 Å². The molecule has 0 aromatic carbocycles. The van der Waals surface area contributed by atoms with Gasteiger partial charge in [-0.3, -0.25) is 29.9 Å². The van der Waals surface area contributed by atoms with E-state index in [2.05, 4.69) is 25.4 Å². The van der Waals surface area contributed by atoms with E-state index in [1.807, 2.05) is 31.0 Å². The molecular weight excluding hydrogens is 346 g/mol. The molecule has 0 aliphatic heterocycles. The molecule has 9 nitrogen and oxygen atoms in total. The predicted octanol–water partition coefficient (Wildman–Crippen LogP) is 1.14. The fourth-order valence-electron chi connectivity index (χ4n) is 2.92. The number of hydrogen-bond acceptors (Lipinski definition) is 6. The first kappa shape index (κ1) is 18.7. The van der Waals surface area contributed by atoms with E-state index in [9.17, 15) is 9.59 Å². The van der Waals surface area contributed by atoms with Gasteiger partial charge in [-0.25, -0.2) is 4.98 Å². The number of aromatic amines is 1. The van der Waals surface area contributed by atoms with Gasteiger partial charge in [0.15, 0.2) is 0 Å². The lowest BCUT2D eigenvalue weighted by atomic mass is 10.1. The minimum absolute atomic E-state index is 0.179. The molecule has 0 radical (unpaired) electrons. The summed E-state index contributed by atoms with van der Waals surface area (Å²) in [5, 5.41) is 5.50. The average Bonchev–Trinajstić information content (AvgIpc) is 3.01. The number of carbonyl (C=O) groups is 1. The summed E-state index contributed by atoms with van der Waals surface area (Å²) in [5.74, 6) is 0.219. The van der Waals surface area contributed by atoms with Gasteiger partial charge in [-0.15, -0.1) is 0 Å². The Labute approximate surface area is 156 Å². The molecule has 3 aromatic heterocycles. The van der Waals surface area contributed by atoms with Gasteiger partial charge in [-0.1, -0.05) is 13.3 Å². The zero-order chi connectivity index (χ0) is 19.4. The minimum Gasteiger partial charge on any atom is -0.294 e. The van der Waals surface area contributed by atoms with Gasteiger partial charge in [0, 0.05) is 24.5 Å². The maximum Gasteiger partial charge on any atom is 0.277 e. The summed E-state index contributed by atoms with van der Waals surface area (Å²) < 4.78 is 1.27. The van der Waals surface area contributed by atoms with E-state index in [4.69, 9.17) is 0 Å². The number of aromatic nitrogens is 5. The van der Waals surface area contributed by atoms with E-state index in [1.165, 1.54) is 4.52 Å². The molecule has 0 saturated carbocycles. The van der Waals surface area contributed by atoms with E-state index in [0.717, 1.165) is 12.0 Å². The molecule has 0 fully saturated rings. The molecule has 0 bridgehead atoms. The lowest BCUT2D eigenvalue weighted by Gasteiger charge is -2.15. The van der Waals surface area contributed by atoms with E-state index >= 15 is 0 Å². The van der Waals surface area contributed by atoms with Crippen LogP contribution in [0.5, 0.6) is 0 Å². The number of likely N-dealkylation sites (N-methyl/N-ethyl adjacent to an activating group) is 1. The third-order valence-electron chi connectivity index (χ3n) is 4.17. The Balaban J connectivity index is 1.70. The number of H-pyrrole nitrogens is 1. The second kappa shape index (κ2) is 8.09. The molecular formula is C18H23N7O2. The van der Waals surface area contributed by atoms with Gasteiger partial charge in [0.05, 0.1) is 12.2 Å². The normalized spacial score (nSPS) is 11.3. The van der Waals surface area contributed by atoms with E-state index in [-0.39, 0.29) is 29.7 Å². The highest BCUT2D eigenvalue weighted by atomic mass is 16.2. The number of carbonyl (C=O) groups excluding carboxylic acids is 1. The Hall–Kier alpha value is -3.07. The first-order valence-corrected chi connectivity index (χ1v) is 8.83. The van der Waals surface area contributed by atoms with Crippen molar-refractivity contribution in [2.75, 3.05) is 18.9 Å². The lowest BCUT2D eigenvalue weighted by Crippen LogP contribution is -2.30. The van der Waals surface area contributed by atoms with E-state index < -0.39 is 0 Å². The molecule has 1 amide bonds. The van der Waals surface area contributed by atoms with Gasteiger partial charge in [0.2, 0.25) is 11.9 Å². The second-order valence-electron chi connectivity index (χ2n) is 6.51. The Bertz CT molecular complexity index is 994. The number of anilines is 1. The molecule has 27 heavy (non-hydrogen) atoms. The van der Waals surface area contributed by atoms with Gasteiger partial charge in [0.1, 0.15) is 0 Å². The van der Waals surface area contributed by atoms with Gasteiger partial charge in [-0.05, 0) is 38.1 Å². The van der Waals surface area contributed by atoms with Gasteiger partial charge in [0.25, 0.3) is 11.3 Å². The van der Waals surface area contributed by atoms with Crippen LogP contribution in [0, 0.1) is 6.92 Å². The first-order chi connectivity index (χ1) is 13.0. The van der Waals surface area contributed by atoms with E-state index in [1.54, 1.807) is 19.3 Å². The molecule has 3 aromatic rings. The van der Waals surface area contributed by atoms with Crippen LogP contribution in [0.4, 0.5) is 5.95 Å². The zero-order valence-corrected chi connectivity index (χ0v) is 15.7. The third-order valence-corrected chi connectivity index (χ3v) is 4.17. The number of pyridine rings is 1. The van der Waals surface area contributed by atoms with Crippen LogP contribution in [-0.2, 0) is 17.8 Å². The Morgan fingerprint density at radius 3 is 2.74 bits per heavy atom. The fourth-order valence-corrected chi connectivity index (χ4v) is 2.92. The quantitative estimate of drug-likeness (QED) is 0.647. The topological polar surface area (TPSA) is 108 Å². The Kier molecular flexibility index (Phi) is 5.60. The molecule has 0 saturated heterocycles. The number of hydrogen-bond donors (Lipinski definition) is 2. The number of nitrogens with zero attached hydrogens (tertiary/aromatic N) is 5. The second-order valence-corrected chi connectivity index (χ2v) is 6.51. The van der Waals surface area contributed by atoms with Crippen molar-refractivity contribution >= 4 is 17.6 Å². The summed E-state index contributed by atoms with van der Waals surface area (Å²) in [6.45, 7) is 4.61.